The fraction of sp³-hybridized carbons (Fsp3) is 0.632. The van der Waals surface area contributed by atoms with Crippen LogP contribution in [0.25, 0.3) is 0 Å². The first-order valence-corrected chi connectivity index (χ1v) is 8.97. The average molecular weight is 348 g/mol. The predicted molar refractivity (Wildman–Crippen MR) is 95.1 cm³/mol. The Morgan fingerprint density at radius 1 is 1.28 bits per heavy atom. The number of hydrogen-bond acceptors (Lipinski definition) is 5. The molecule has 0 bridgehead atoms. The summed E-state index contributed by atoms with van der Waals surface area (Å²) in [6, 6.07) is 6.06. The van der Waals surface area contributed by atoms with Crippen molar-refractivity contribution >= 4 is 5.91 Å². The molecule has 2 saturated heterocycles. The number of hydrogen-bond donors (Lipinski definition) is 0. The minimum atomic E-state index is 0.116. The van der Waals surface area contributed by atoms with Crippen LogP contribution in [0.15, 0.2) is 18.2 Å². The van der Waals surface area contributed by atoms with Gasteiger partial charge in [0.2, 0.25) is 5.91 Å². The highest BCUT2D eigenvalue weighted by Gasteiger charge is 2.32. The Balaban J connectivity index is 1.73. The van der Waals surface area contributed by atoms with E-state index < -0.39 is 0 Å². The highest BCUT2D eigenvalue weighted by Crippen LogP contribution is 2.38. The van der Waals surface area contributed by atoms with Gasteiger partial charge in [0.25, 0.3) is 0 Å². The third-order valence-electron chi connectivity index (χ3n) is 5.09. The van der Waals surface area contributed by atoms with Crippen LogP contribution in [0.3, 0.4) is 0 Å². The summed E-state index contributed by atoms with van der Waals surface area (Å²) in [6.45, 7) is 5.37. The maximum atomic E-state index is 12.7. The van der Waals surface area contributed by atoms with E-state index in [-0.39, 0.29) is 18.1 Å². The number of morpholine rings is 1. The van der Waals surface area contributed by atoms with E-state index in [4.69, 9.17) is 14.2 Å². The lowest BCUT2D eigenvalue weighted by atomic mass is 10.0. The van der Waals surface area contributed by atoms with Crippen molar-refractivity contribution in [2.75, 3.05) is 47.0 Å². The maximum Gasteiger partial charge on any atom is 0.236 e. The Hall–Kier alpha value is -1.79. The monoisotopic (exact) mass is 348 g/mol. The van der Waals surface area contributed by atoms with Gasteiger partial charge >= 0.3 is 0 Å². The molecular formula is C19H28N2O4. The van der Waals surface area contributed by atoms with Crippen molar-refractivity contribution in [1.29, 1.82) is 0 Å². The standard InChI is InChI=1S/C19H28N2O4/c1-14-12-21(9-10-25-14)19(22)13-20-8-4-5-17(20)16-11-15(23-2)6-7-18(16)24-3/h6-7,11,14,17H,4-5,8-10,12-13H2,1-3H3/t14-,17-/m1/s1. The van der Waals surface area contributed by atoms with E-state index in [0.717, 1.165) is 36.4 Å². The SMILES string of the molecule is COc1ccc(OC)c([C@H]2CCCN2CC(=O)N2CCO[C@H](C)C2)c1. The van der Waals surface area contributed by atoms with Gasteiger partial charge in [0.15, 0.2) is 0 Å². The van der Waals surface area contributed by atoms with Crippen LogP contribution in [-0.4, -0.2) is 68.8 Å². The van der Waals surface area contributed by atoms with Gasteiger partial charge in [-0.1, -0.05) is 0 Å². The van der Waals surface area contributed by atoms with E-state index in [1.165, 1.54) is 0 Å². The number of likely N-dealkylation sites (tertiary alicyclic amines) is 1. The Kier molecular flexibility index (Phi) is 5.81. The Morgan fingerprint density at radius 2 is 2.12 bits per heavy atom. The number of amides is 1. The lowest BCUT2D eigenvalue weighted by molar-refractivity contribution is -0.139. The Labute approximate surface area is 149 Å². The molecule has 6 heteroatoms. The quantitative estimate of drug-likeness (QED) is 0.816. The van der Waals surface area contributed by atoms with Crippen molar-refractivity contribution < 1.29 is 19.0 Å². The van der Waals surface area contributed by atoms with Crippen LogP contribution in [-0.2, 0) is 9.53 Å². The zero-order valence-electron chi connectivity index (χ0n) is 15.4. The van der Waals surface area contributed by atoms with Gasteiger partial charge in [-0.3, -0.25) is 9.69 Å². The number of rotatable bonds is 5. The maximum absolute atomic E-state index is 12.7. The van der Waals surface area contributed by atoms with Crippen molar-refractivity contribution in [3.8, 4) is 11.5 Å². The molecule has 2 heterocycles. The zero-order valence-corrected chi connectivity index (χ0v) is 15.4. The number of ether oxygens (including phenoxy) is 3. The normalized spacial score (nSPS) is 24.4. The second-order valence-electron chi connectivity index (χ2n) is 6.76. The van der Waals surface area contributed by atoms with Gasteiger partial charge < -0.3 is 19.1 Å². The number of benzene rings is 1. The summed E-state index contributed by atoms with van der Waals surface area (Å²) in [5, 5.41) is 0. The molecule has 0 spiro atoms. The van der Waals surface area contributed by atoms with Gasteiger partial charge in [0.05, 0.1) is 33.5 Å². The van der Waals surface area contributed by atoms with Crippen molar-refractivity contribution in [3.63, 3.8) is 0 Å². The van der Waals surface area contributed by atoms with Gasteiger partial charge in [-0.15, -0.1) is 0 Å². The fourth-order valence-electron chi connectivity index (χ4n) is 3.79. The molecule has 6 nitrogen and oxygen atoms in total. The molecule has 0 unspecified atom stereocenters. The molecule has 0 aromatic heterocycles. The van der Waals surface area contributed by atoms with Crippen LogP contribution in [0.5, 0.6) is 11.5 Å². The predicted octanol–water partition coefficient (Wildman–Crippen LogP) is 2.09. The molecule has 25 heavy (non-hydrogen) atoms. The van der Waals surface area contributed by atoms with Crippen LogP contribution < -0.4 is 9.47 Å². The van der Waals surface area contributed by atoms with Crippen LogP contribution in [0.2, 0.25) is 0 Å². The summed E-state index contributed by atoms with van der Waals surface area (Å²) in [6.07, 6.45) is 2.22. The number of methoxy groups -OCH3 is 2. The number of carbonyl (C=O) groups is 1. The minimum Gasteiger partial charge on any atom is -0.497 e. The third kappa shape index (κ3) is 4.07. The fourth-order valence-corrected chi connectivity index (χ4v) is 3.79. The smallest absolute Gasteiger partial charge is 0.236 e. The van der Waals surface area contributed by atoms with Crippen molar-refractivity contribution in [2.24, 2.45) is 0 Å². The van der Waals surface area contributed by atoms with E-state index in [1.54, 1.807) is 14.2 Å². The Morgan fingerprint density at radius 3 is 2.84 bits per heavy atom. The van der Waals surface area contributed by atoms with E-state index in [2.05, 4.69) is 4.90 Å². The van der Waals surface area contributed by atoms with Crippen molar-refractivity contribution in [2.45, 2.75) is 31.9 Å². The molecule has 138 valence electrons. The lowest BCUT2D eigenvalue weighted by Crippen LogP contribution is -2.48. The second-order valence-corrected chi connectivity index (χ2v) is 6.76. The molecule has 0 aliphatic carbocycles. The molecule has 2 fully saturated rings. The molecule has 1 aromatic rings. The van der Waals surface area contributed by atoms with Crippen molar-refractivity contribution in [3.05, 3.63) is 23.8 Å². The first kappa shape index (κ1) is 18.0. The zero-order chi connectivity index (χ0) is 17.8. The summed E-state index contributed by atoms with van der Waals surface area (Å²) < 4.78 is 16.5. The van der Waals surface area contributed by atoms with Crippen LogP contribution in [0.1, 0.15) is 31.4 Å². The Bertz CT molecular complexity index is 607. The molecule has 2 aliphatic heterocycles. The second kappa shape index (κ2) is 8.06. The van der Waals surface area contributed by atoms with Crippen molar-refractivity contribution in [1.82, 2.24) is 9.80 Å². The molecular weight excluding hydrogens is 320 g/mol. The van der Waals surface area contributed by atoms with E-state index in [0.29, 0.717) is 26.2 Å². The minimum absolute atomic E-state index is 0.116. The lowest BCUT2D eigenvalue weighted by Gasteiger charge is -2.33. The van der Waals surface area contributed by atoms with Gasteiger partial charge in [-0.25, -0.2) is 0 Å². The van der Waals surface area contributed by atoms with E-state index >= 15 is 0 Å². The van der Waals surface area contributed by atoms with Gasteiger partial charge in [0, 0.05) is 24.7 Å². The molecule has 2 atom stereocenters. The first-order chi connectivity index (χ1) is 12.1. The van der Waals surface area contributed by atoms with Crippen LogP contribution >= 0.6 is 0 Å². The third-order valence-corrected chi connectivity index (χ3v) is 5.09. The summed E-state index contributed by atoms with van der Waals surface area (Å²) in [5.74, 6) is 1.85. The molecule has 0 saturated carbocycles. The topological polar surface area (TPSA) is 51.2 Å². The summed E-state index contributed by atoms with van der Waals surface area (Å²) >= 11 is 0. The summed E-state index contributed by atoms with van der Waals surface area (Å²) in [7, 11) is 3.35. The largest absolute Gasteiger partial charge is 0.497 e. The van der Waals surface area contributed by atoms with E-state index in [9.17, 15) is 4.79 Å². The molecule has 1 aromatic carbocycles. The van der Waals surface area contributed by atoms with Gasteiger partial charge in [-0.2, -0.15) is 0 Å². The van der Waals surface area contributed by atoms with Gasteiger partial charge in [-0.05, 0) is 44.5 Å². The summed E-state index contributed by atoms with van der Waals surface area (Å²) in [5.41, 5.74) is 1.10. The van der Waals surface area contributed by atoms with Crippen LogP contribution in [0.4, 0.5) is 0 Å². The number of nitrogens with zero attached hydrogens (tertiary/aromatic N) is 2. The first-order valence-electron chi connectivity index (χ1n) is 8.97. The molecule has 3 rings (SSSR count). The highest BCUT2D eigenvalue weighted by molar-refractivity contribution is 5.78. The molecule has 0 N–H and O–H groups in total. The van der Waals surface area contributed by atoms with E-state index in [1.807, 2.05) is 30.0 Å². The van der Waals surface area contributed by atoms with Gasteiger partial charge in [0.1, 0.15) is 11.5 Å². The summed E-state index contributed by atoms with van der Waals surface area (Å²) in [4.78, 5) is 16.9. The molecule has 0 radical (unpaired) electrons. The molecule has 1 amide bonds. The van der Waals surface area contributed by atoms with Crippen LogP contribution in [0, 0.1) is 0 Å². The highest BCUT2D eigenvalue weighted by atomic mass is 16.5. The number of carbonyl (C=O) groups excluding carboxylic acids is 1. The average Bonchev–Trinajstić information content (AvgIpc) is 3.09. The molecule has 2 aliphatic rings.